The molecule has 0 saturated heterocycles. The quantitative estimate of drug-likeness (QED) is 0.722. The van der Waals surface area contributed by atoms with Gasteiger partial charge >= 0.3 is 0 Å². The Morgan fingerprint density at radius 1 is 1.23 bits per heavy atom. The van der Waals surface area contributed by atoms with Gasteiger partial charge in [0.15, 0.2) is 0 Å². The van der Waals surface area contributed by atoms with Gasteiger partial charge in [0.25, 0.3) is 5.91 Å². The van der Waals surface area contributed by atoms with E-state index in [1.807, 2.05) is 30.3 Å². The average molecular weight is 316 g/mol. The lowest BCUT2D eigenvalue weighted by atomic mass is 10.2. The molecule has 112 valence electrons. The molecule has 6 heteroatoms. The normalized spacial score (nSPS) is 10.8. The highest BCUT2D eigenvalue weighted by atomic mass is 35.5. The molecule has 0 aliphatic heterocycles. The first-order valence-electron chi connectivity index (χ1n) is 6.62. The smallest absolute Gasteiger partial charge is 0.267 e. The number of para-hydroxylation sites is 1. The summed E-state index contributed by atoms with van der Waals surface area (Å²) in [5.41, 5.74) is 7.84. The van der Waals surface area contributed by atoms with Gasteiger partial charge in [-0.2, -0.15) is 0 Å². The number of anilines is 2. The zero-order chi connectivity index (χ0) is 15.7. The number of aromatic amines is 1. The Morgan fingerprint density at radius 3 is 2.59 bits per heavy atom. The maximum absolute atomic E-state index is 11.8. The summed E-state index contributed by atoms with van der Waals surface area (Å²) in [5, 5.41) is 2.87. The summed E-state index contributed by atoms with van der Waals surface area (Å²) in [6.07, 6.45) is 0. The van der Waals surface area contributed by atoms with Gasteiger partial charge in [-0.1, -0.05) is 29.8 Å². The number of rotatable bonds is 4. The Bertz CT molecular complexity index is 830. The zero-order valence-corrected chi connectivity index (χ0v) is 12.6. The third-order valence-corrected chi connectivity index (χ3v) is 3.59. The number of carbonyl (C=O) groups is 1. The average Bonchev–Trinajstić information content (AvgIpc) is 2.88. The number of primary amides is 1. The number of amides is 1. The molecular weight excluding hydrogens is 302 g/mol. The SMILES string of the molecule is CON(c1ccccc1)c1c(C(N)=O)[nH]c2ccc(Cl)cc12. The Labute approximate surface area is 132 Å². The van der Waals surface area contributed by atoms with Crippen molar-refractivity contribution in [2.75, 3.05) is 12.2 Å². The van der Waals surface area contributed by atoms with Gasteiger partial charge in [-0.3, -0.25) is 9.63 Å². The molecule has 3 aromatic rings. The fourth-order valence-electron chi connectivity index (χ4n) is 2.43. The van der Waals surface area contributed by atoms with Gasteiger partial charge in [-0.05, 0) is 30.3 Å². The predicted molar refractivity (Wildman–Crippen MR) is 87.4 cm³/mol. The maximum Gasteiger partial charge on any atom is 0.267 e. The Balaban J connectivity index is 2.29. The lowest BCUT2D eigenvalue weighted by Gasteiger charge is -2.22. The van der Waals surface area contributed by atoms with Crippen LogP contribution in [0.25, 0.3) is 10.9 Å². The molecular formula is C16H14ClN3O2. The molecule has 0 unspecified atom stereocenters. The van der Waals surface area contributed by atoms with E-state index in [9.17, 15) is 4.79 Å². The van der Waals surface area contributed by atoms with E-state index in [2.05, 4.69) is 4.98 Å². The van der Waals surface area contributed by atoms with Gasteiger partial charge < -0.3 is 10.7 Å². The summed E-state index contributed by atoms with van der Waals surface area (Å²) in [4.78, 5) is 20.3. The number of benzene rings is 2. The van der Waals surface area contributed by atoms with Crippen LogP contribution in [0.3, 0.4) is 0 Å². The van der Waals surface area contributed by atoms with Crippen LogP contribution in [0, 0.1) is 0 Å². The molecule has 5 nitrogen and oxygen atoms in total. The van der Waals surface area contributed by atoms with Crippen molar-refractivity contribution in [2.45, 2.75) is 0 Å². The highest BCUT2D eigenvalue weighted by Gasteiger charge is 2.22. The minimum atomic E-state index is -0.569. The minimum absolute atomic E-state index is 0.267. The van der Waals surface area contributed by atoms with Crippen molar-refractivity contribution in [1.82, 2.24) is 4.98 Å². The number of hydrogen-bond acceptors (Lipinski definition) is 3. The van der Waals surface area contributed by atoms with E-state index < -0.39 is 5.91 Å². The van der Waals surface area contributed by atoms with Crippen molar-refractivity contribution in [2.24, 2.45) is 5.73 Å². The number of fused-ring (bicyclic) bond motifs is 1. The van der Waals surface area contributed by atoms with Crippen LogP contribution in [0.2, 0.25) is 5.02 Å². The summed E-state index contributed by atoms with van der Waals surface area (Å²) in [6.45, 7) is 0. The van der Waals surface area contributed by atoms with Crippen molar-refractivity contribution >= 4 is 39.8 Å². The molecule has 3 rings (SSSR count). The number of H-pyrrole nitrogens is 1. The van der Waals surface area contributed by atoms with E-state index in [1.54, 1.807) is 23.3 Å². The largest absolute Gasteiger partial charge is 0.364 e. The second-order valence-corrected chi connectivity index (χ2v) is 5.15. The van der Waals surface area contributed by atoms with Crippen LogP contribution < -0.4 is 10.8 Å². The molecule has 0 radical (unpaired) electrons. The number of nitrogens with two attached hydrogens (primary N) is 1. The van der Waals surface area contributed by atoms with Crippen LogP contribution in [0.1, 0.15) is 10.5 Å². The van der Waals surface area contributed by atoms with E-state index in [0.29, 0.717) is 10.7 Å². The molecule has 1 amide bonds. The summed E-state index contributed by atoms with van der Waals surface area (Å²) in [5.74, 6) is -0.569. The van der Waals surface area contributed by atoms with Crippen LogP contribution in [-0.2, 0) is 4.84 Å². The van der Waals surface area contributed by atoms with Gasteiger partial charge in [0.05, 0.1) is 12.8 Å². The second kappa shape index (κ2) is 5.71. The molecule has 0 atom stereocenters. The fourth-order valence-corrected chi connectivity index (χ4v) is 2.60. The Hall–Kier alpha value is -2.50. The second-order valence-electron chi connectivity index (χ2n) is 4.72. The molecule has 0 spiro atoms. The predicted octanol–water partition coefficient (Wildman–Crippen LogP) is 3.62. The van der Waals surface area contributed by atoms with Crippen molar-refractivity contribution in [3.05, 3.63) is 59.2 Å². The van der Waals surface area contributed by atoms with E-state index in [0.717, 1.165) is 16.6 Å². The first kappa shape index (κ1) is 14.4. The number of nitrogens with zero attached hydrogens (tertiary/aromatic N) is 1. The summed E-state index contributed by atoms with van der Waals surface area (Å²) in [7, 11) is 1.53. The van der Waals surface area contributed by atoms with Crippen LogP contribution >= 0.6 is 11.6 Å². The maximum atomic E-state index is 11.8. The summed E-state index contributed by atoms with van der Waals surface area (Å²) < 4.78 is 0. The van der Waals surface area contributed by atoms with Gasteiger partial charge in [-0.25, -0.2) is 5.06 Å². The number of aromatic nitrogens is 1. The van der Waals surface area contributed by atoms with Gasteiger partial charge in [0.1, 0.15) is 11.4 Å². The van der Waals surface area contributed by atoms with Crippen molar-refractivity contribution in [1.29, 1.82) is 0 Å². The summed E-state index contributed by atoms with van der Waals surface area (Å²) in [6, 6.07) is 14.7. The third kappa shape index (κ3) is 2.41. The molecule has 2 aromatic carbocycles. The first-order valence-corrected chi connectivity index (χ1v) is 7.00. The highest BCUT2D eigenvalue weighted by molar-refractivity contribution is 6.31. The number of halogens is 1. The molecule has 1 heterocycles. The summed E-state index contributed by atoms with van der Waals surface area (Å²) >= 11 is 6.08. The molecule has 0 fully saturated rings. The van der Waals surface area contributed by atoms with Crippen LogP contribution in [0.4, 0.5) is 11.4 Å². The van der Waals surface area contributed by atoms with Gasteiger partial charge in [0.2, 0.25) is 0 Å². The van der Waals surface area contributed by atoms with Crippen LogP contribution in [-0.4, -0.2) is 18.0 Å². The molecule has 0 aliphatic rings. The molecule has 0 aliphatic carbocycles. The molecule has 22 heavy (non-hydrogen) atoms. The first-order chi connectivity index (χ1) is 10.6. The highest BCUT2D eigenvalue weighted by Crippen LogP contribution is 2.36. The van der Waals surface area contributed by atoms with E-state index >= 15 is 0 Å². The minimum Gasteiger partial charge on any atom is -0.364 e. The molecule has 1 aromatic heterocycles. The number of carbonyl (C=O) groups excluding carboxylic acids is 1. The Kier molecular flexibility index (Phi) is 3.75. The molecule has 3 N–H and O–H groups in total. The monoisotopic (exact) mass is 315 g/mol. The lowest BCUT2D eigenvalue weighted by molar-refractivity contribution is 0.0994. The van der Waals surface area contributed by atoms with E-state index in [4.69, 9.17) is 22.2 Å². The van der Waals surface area contributed by atoms with Crippen molar-refractivity contribution < 1.29 is 9.63 Å². The van der Waals surface area contributed by atoms with Crippen LogP contribution in [0.5, 0.6) is 0 Å². The van der Waals surface area contributed by atoms with Crippen molar-refractivity contribution in [3.63, 3.8) is 0 Å². The number of nitrogens with one attached hydrogen (secondary N) is 1. The lowest BCUT2D eigenvalue weighted by Crippen LogP contribution is -2.20. The fraction of sp³-hybridized carbons (Fsp3) is 0.0625. The van der Waals surface area contributed by atoms with Crippen molar-refractivity contribution in [3.8, 4) is 0 Å². The van der Waals surface area contributed by atoms with E-state index in [1.165, 1.54) is 7.11 Å². The van der Waals surface area contributed by atoms with Crippen LogP contribution in [0.15, 0.2) is 48.5 Å². The Morgan fingerprint density at radius 2 is 1.95 bits per heavy atom. The standard InChI is InChI=1S/C16H14ClN3O2/c1-22-20(11-5-3-2-4-6-11)15-12-9-10(17)7-8-13(12)19-14(15)16(18)21/h2-9,19H,1H3,(H2,18,21). The third-order valence-electron chi connectivity index (χ3n) is 3.36. The number of hydrogen-bond donors (Lipinski definition) is 2. The van der Waals surface area contributed by atoms with Gasteiger partial charge in [-0.15, -0.1) is 0 Å². The van der Waals surface area contributed by atoms with E-state index in [-0.39, 0.29) is 5.69 Å². The van der Waals surface area contributed by atoms with Gasteiger partial charge in [0, 0.05) is 15.9 Å². The molecule has 0 saturated carbocycles. The molecule has 0 bridgehead atoms. The topological polar surface area (TPSA) is 71.3 Å². The zero-order valence-electron chi connectivity index (χ0n) is 11.8.